The van der Waals surface area contributed by atoms with Gasteiger partial charge < -0.3 is 15.3 Å². The summed E-state index contributed by atoms with van der Waals surface area (Å²) in [4.78, 5) is 0. The predicted molar refractivity (Wildman–Crippen MR) is 121 cm³/mol. The van der Waals surface area contributed by atoms with Crippen LogP contribution in [0.4, 0.5) is 0 Å². The van der Waals surface area contributed by atoms with Crippen LogP contribution in [0.1, 0.15) is 105 Å². The molecule has 8 atom stereocenters. The number of hydrogen-bond acceptors (Lipinski definition) is 3. The van der Waals surface area contributed by atoms with Crippen molar-refractivity contribution >= 4 is 0 Å². The summed E-state index contributed by atoms with van der Waals surface area (Å²) in [7, 11) is 0. The molecular weight excluding hydrogens is 372 g/mol. The van der Waals surface area contributed by atoms with Crippen LogP contribution in [-0.2, 0) is 0 Å². The van der Waals surface area contributed by atoms with E-state index in [2.05, 4.69) is 26.8 Å². The van der Waals surface area contributed by atoms with E-state index in [1.54, 1.807) is 6.92 Å². The normalized spacial score (nSPS) is 43.2. The van der Waals surface area contributed by atoms with Crippen LogP contribution in [0.5, 0.6) is 0 Å². The SMILES string of the molecule is CC(CCC[C@@H](C)[C@H]1CC[C@H]2[C@@H]3CCC4=CCCC[C@]4(C)[C@H]3CC[C@]12C)C(O)(O)O. The highest BCUT2D eigenvalue weighted by Gasteiger charge is 2.59. The summed E-state index contributed by atoms with van der Waals surface area (Å²) in [6.45, 7) is 9.39. The van der Waals surface area contributed by atoms with E-state index in [1.807, 2.05) is 5.57 Å². The van der Waals surface area contributed by atoms with E-state index in [0.29, 0.717) is 23.2 Å². The van der Waals surface area contributed by atoms with Crippen LogP contribution in [0.15, 0.2) is 11.6 Å². The highest BCUT2D eigenvalue weighted by molar-refractivity contribution is 5.23. The fraction of sp³-hybridized carbons (Fsp3) is 0.926. The van der Waals surface area contributed by atoms with Gasteiger partial charge in [-0.1, -0.05) is 52.2 Å². The van der Waals surface area contributed by atoms with E-state index >= 15 is 0 Å². The van der Waals surface area contributed by atoms with E-state index in [4.69, 9.17) is 0 Å². The van der Waals surface area contributed by atoms with Gasteiger partial charge in [-0.3, -0.25) is 0 Å². The number of hydrogen-bond donors (Lipinski definition) is 3. The highest BCUT2D eigenvalue weighted by atomic mass is 16.7. The Morgan fingerprint density at radius 2 is 1.77 bits per heavy atom. The van der Waals surface area contributed by atoms with Crippen molar-refractivity contribution in [2.45, 2.75) is 111 Å². The molecule has 172 valence electrons. The minimum absolute atomic E-state index is 0.493. The van der Waals surface area contributed by atoms with E-state index < -0.39 is 11.9 Å². The molecule has 0 aliphatic heterocycles. The summed E-state index contributed by atoms with van der Waals surface area (Å²) >= 11 is 0. The number of rotatable bonds is 6. The van der Waals surface area contributed by atoms with E-state index in [0.717, 1.165) is 36.5 Å². The molecule has 0 spiro atoms. The van der Waals surface area contributed by atoms with Gasteiger partial charge in [-0.25, -0.2) is 0 Å². The molecular formula is C27H46O3. The molecule has 0 heterocycles. The lowest BCUT2D eigenvalue weighted by Crippen LogP contribution is -2.50. The van der Waals surface area contributed by atoms with E-state index in [-0.39, 0.29) is 0 Å². The second-order valence-corrected chi connectivity index (χ2v) is 12.2. The Bertz CT molecular complexity index is 649. The molecule has 4 aliphatic rings. The van der Waals surface area contributed by atoms with Crippen molar-refractivity contribution in [2.24, 2.45) is 46.3 Å². The second kappa shape index (κ2) is 8.19. The molecule has 3 saturated carbocycles. The fourth-order valence-corrected chi connectivity index (χ4v) is 8.87. The molecule has 0 amide bonds. The smallest absolute Gasteiger partial charge is 0.277 e. The molecule has 1 unspecified atom stereocenters. The van der Waals surface area contributed by atoms with Gasteiger partial charge in [-0.05, 0) is 105 Å². The molecule has 30 heavy (non-hydrogen) atoms. The lowest BCUT2D eigenvalue weighted by molar-refractivity contribution is -0.340. The third-order valence-electron chi connectivity index (χ3n) is 10.7. The summed E-state index contributed by atoms with van der Waals surface area (Å²) in [5.74, 6) is 1.21. The summed E-state index contributed by atoms with van der Waals surface area (Å²) in [5.41, 5.74) is 2.80. The quantitative estimate of drug-likeness (QED) is 0.365. The summed E-state index contributed by atoms with van der Waals surface area (Å²) < 4.78 is 0. The fourth-order valence-electron chi connectivity index (χ4n) is 8.87. The zero-order valence-electron chi connectivity index (χ0n) is 19.9. The van der Waals surface area contributed by atoms with E-state index in [1.165, 1.54) is 57.8 Å². The first kappa shape index (κ1) is 22.8. The van der Waals surface area contributed by atoms with Gasteiger partial charge >= 0.3 is 0 Å². The second-order valence-electron chi connectivity index (χ2n) is 12.2. The molecule has 4 aliphatic carbocycles. The highest BCUT2D eigenvalue weighted by Crippen LogP contribution is 2.67. The largest absolute Gasteiger partial charge is 0.343 e. The van der Waals surface area contributed by atoms with Crippen molar-refractivity contribution in [3.05, 3.63) is 11.6 Å². The Morgan fingerprint density at radius 1 is 1.00 bits per heavy atom. The predicted octanol–water partition coefficient (Wildman–Crippen LogP) is 6.03. The summed E-state index contributed by atoms with van der Waals surface area (Å²) in [6.07, 6.45) is 17.9. The first-order valence-corrected chi connectivity index (χ1v) is 12.9. The Morgan fingerprint density at radius 3 is 2.50 bits per heavy atom. The Kier molecular flexibility index (Phi) is 6.23. The first-order valence-electron chi connectivity index (χ1n) is 12.9. The molecule has 3 heteroatoms. The van der Waals surface area contributed by atoms with Crippen LogP contribution < -0.4 is 0 Å². The zero-order chi connectivity index (χ0) is 21.7. The van der Waals surface area contributed by atoms with Gasteiger partial charge in [0.25, 0.3) is 5.97 Å². The van der Waals surface area contributed by atoms with Crippen LogP contribution in [-0.4, -0.2) is 21.3 Å². The summed E-state index contributed by atoms with van der Waals surface area (Å²) in [5, 5.41) is 28.1. The van der Waals surface area contributed by atoms with Gasteiger partial charge in [0, 0.05) is 5.92 Å². The Balaban J connectivity index is 1.41. The maximum absolute atomic E-state index is 9.38. The van der Waals surface area contributed by atoms with Crippen LogP contribution in [0.25, 0.3) is 0 Å². The number of allylic oxidation sites excluding steroid dienone is 2. The van der Waals surface area contributed by atoms with Crippen LogP contribution >= 0.6 is 0 Å². The van der Waals surface area contributed by atoms with Gasteiger partial charge in [0.1, 0.15) is 0 Å². The molecule has 0 aromatic heterocycles. The molecule has 0 aromatic rings. The first-order chi connectivity index (χ1) is 14.1. The third-order valence-corrected chi connectivity index (χ3v) is 10.7. The Hall–Kier alpha value is -0.380. The average molecular weight is 419 g/mol. The molecule has 4 rings (SSSR count). The molecule has 0 bridgehead atoms. The minimum atomic E-state index is -2.53. The topological polar surface area (TPSA) is 60.7 Å². The van der Waals surface area contributed by atoms with Crippen molar-refractivity contribution in [1.29, 1.82) is 0 Å². The van der Waals surface area contributed by atoms with Crippen molar-refractivity contribution in [3.8, 4) is 0 Å². The van der Waals surface area contributed by atoms with Crippen molar-refractivity contribution in [3.63, 3.8) is 0 Å². The number of fused-ring (bicyclic) bond motifs is 5. The minimum Gasteiger partial charge on any atom is -0.343 e. The van der Waals surface area contributed by atoms with Gasteiger partial charge in [-0.15, -0.1) is 0 Å². The third kappa shape index (κ3) is 3.82. The molecule has 3 N–H and O–H groups in total. The monoisotopic (exact) mass is 418 g/mol. The van der Waals surface area contributed by atoms with Crippen LogP contribution in [0, 0.1) is 46.3 Å². The van der Waals surface area contributed by atoms with Crippen molar-refractivity contribution in [1.82, 2.24) is 0 Å². The number of aliphatic hydroxyl groups is 3. The Labute approximate surface area is 184 Å². The van der Waals surface area contributed by atoms with Crippen molar-refractivity contribution < 1.29 is 15.3 Å². The van der Waals surface area contributed by atoms with Gasteiger partial charge in [0.05, 0.1) is 0 Å². The standard InChI is InChI=1S/C27H46O3/c1-18(8-7-9-19(2)27(28,29)30)22-13-14-23-21-12-11-20-10-5-6-16-25(20,3)24(21)15-17-26(22,23)4/h10,18-19,21-24,28-30H,5-9,11-17H2,1-4H3/t18-,19?,21+,22-,23+,24+,25+,26-/m1/s1. The van der Waals surface area contributed by atoms with Crippen molar-refractivity contribution in [2.75, 3.05) is 0 Å². The zero-order valence-corrected chi connectivity index (χ0v) is 19.9. The van der Waals surface area contributed by atoms with Gasteiger partial charge in [-0.2, -0.15) is 0 Å². The molecule has 3 nitrogen and oxygen atoms in total. The lowest BCUT2D eigenvalue weighted by Gasteiger charge is -2.58. The maximum Gasteiger partial charge on any atom is 0.277 e. The van der Waals surface area contributed by atoms with Gasteiger partial charge in [0.15, 0.2) is 0 Å². The van der Waals surface area contributed by atoms with Crippen LogP contribution in [0.3, 0.4) is 0 Å². The molecule has 0 aromatic carbocycles. The lowest BCUT2D eigenvalue weighted by atomic mass is 9.46. The summed E-state index contributed by atoms with van der Waals surface area (Å²) in [6, 6.07) is 0. The molecule has 3 fully saturated rings. The van der Waals surface area contributed by atoms with Crippen LogP contribution in [0.2, 0.25) is 0 Å². The van der Waals surface area contributed by atoms with Gasteiger partial charge in [0.2, 0.25) is 0 Å². The maximum atomic E-state index is 9.38. The molecule has 0 radical (unpaired) electrons. The average Bonchev–Trinajstić information content (AvgIpc) is 3.04. The molecule has 0 saturated heterocycles. The van der Waals surface area contributed by atoms with E-state index in [9.17, 15) is 15.3 Å².